The van der Waals surface area contributed by atoms with Gasteiger partial charge in [0.2, 0.25) is 5.89 Å². The third-order valence-electron chi connectivity index (χ3n) is 4.37. The summed E-state index contributed by atoms with van der Waals surface area (Å²) in [4.78, 5) is 12.5. The van der Waals surface area contributed by atoms with Gasteiger partial charge in [0, 0.05) is 11.1 Å². The van der Waals surface area contributed by atoms with Gasteiger partial charge in [-0.3, -0.25) is 10.1 Å². The molecule has 0 aliphatic heterocycles. The Hall–Kier alpha value is -4.33. The van der Waals surface area contributed by atoms with Gasteiger partial charge in [0.1, 0.15) is 11.5 Å². The third-order valence-corrected chi connectivity index (χ3v) is 4.37. The first-order chi connectivity index (χ1) is 15.2. The predicted octanol–water partition coefficient (Wildman–Crippen LogP) is 4.80. The molecule has 1 heterocycles. The quantitative estimate of drug-likeness (QED) is 0.461. The Bertz CT molecular complexity index is 1170. The average molecular weight is 417 g/mol. The highest BCUT2D eigenvalue weighted by molar-refractivity contribution is 6.03. The lowest BCUT2D eigenvalue weighted by atomic mass is 10.2. The van der Waals surface area contributed by atoms with Gasteiger partial charge in [-0.2, -0.15) is 0 Å². The van der Waals surface area contributed by atoms with Crippen molar-refractivity contribution < 1.29 is 23.4 Å². The molecule has 8 nitrogen and oxygen atoms in total. The minimum absolute atomic E-state index is 0.0144. The molecule has 1 N–H and O–H groups in total. The van der Waals surface area contributed by atoms with Gasteiger partial charge in [-0.25, -0.2) is 0 Å². The topological polar surface area (TPSA) is 95.7 Å². The lowest BCUT2D eigenvalue weighted by Gasteiger charge is -2.07. The molecule has 0 radical (unpaired) electrons. The van der Waals surface area contributed by atoms with Gasteiger partial charge < -0.3 is 18.6 Å². The molecule has 0 fully saturated rings. The summed E-state index contributed by atoms with van der Waals surface area (Å²) in [5, 5.41) is 10.5. The number of benzene rings is 3. The molecule has 0 unspecified atom stereocenters. The number of ether oxygens (including phenoxy) is 3. The first-order valence-corrected chi connectivity index (χ1v) is 9.36. The summed E-state index contributed by atoms with van der Waals surface area (Å²) < 4.78 is 21.8. The van der Waals surface area contributed by atoms with Crippen LogP contribution in [-0.4, -0.2) is 30.3 Å². The molecule has 8 heteroatoms. The van der Waals surface area contributed by atoms with Crippen molar-refractivity contribution in [2.75, 3.05) is 19.5 Å². The Morgan fingerprint density at radius 1 is 0.839 bits per heavy atom. The van der Waals surface area contributed by atoms with Crippen LogP contribution in [0.3, 0.4) is 0 Å². The average Bonchev–Trinajstić information content (AvgIpc) is 3.28. The van der Waals surface area contributed by atoms with Gasteiger partial charge in [0.05, 0.1) is 14.2 Å². The Balaban J connectivity index is 1.43. The van der Waals surface area contributed by atoms with Crippen LogP contribution < -0.4 is 19.5 Å². The summed E-state index contributed by atoms with van der Waals surface area (Å²) in [5.41, 5.74) is 1.05. The second-order valence-corrected chi connectivity index (χ2v) is 6.38. The van der Waals surface area contributed by atoms with Crippen LogP contribution in [0.15, 0.2) is 77.2 Å². The number of hydrogen-bond acceptors (Lipinski definition) is 7. The fourth-order valence-electron chi connectivity index (χ4n) is 2.83. The van der Waals surface area contributed by atoms with Gasteiger partial charge in [-0.05, 0) is 54.6 Å². The zero-order valence-corrected chi connectivity index (χ0v) is 16.9. The number of nitrogens with one attached hydrogen (secondary N) is 1. The Kier molecular flexibility index (Phi) is 5.79. The smallest absolute Gasteiger partial charge is 0.322 e. The van der Waals surface area contributed by atoms with E-state index in [1.165, 1.54) is 7.11 Å². The molecular weight excluding hydrogens is 398 g/mol. The normalized spacial score (nSPS) is 10.4. The summed E-state index contributed by atoms with van der Waals surface area (Å²) in [7, 11) is 3.09. The number of anilines is 1. The summed E-state index contributed by atoms with van der Waals surface area (Å²) >= 11 is 0. The lowest BCUT2D eigenvalue weighted by molar-refractivity contribution is 0.102. The molecule has 3 aromatic carbocycles. The monoisotopic (exact) mass is 417 g/mol. The highest BCUT2D eigenvalue weighted by Gasteiger charge is 2.15. The van der Waals surface area contributed by atoms with E-state index in [0.29, 0.717) is 34.1 Å². The van der Waals surface area contributed by atoms with Crippen molar-refractivity contribution in [3.8, 4) is 34.5 Å². The maximum absolute atomic E-state index is 12.5. The molecule has 1 aromatic heterocycles. The van der Waals surface area contributed by atoms with Crippen LogP contribution in [-0.2, 0) is 0 Å². The van der Waals surface area contributed by atoms with Gasteiger partial charge in [0.15, 0.2) is 11.5 Å². The summed E-state index contributed by atoms with van der Waals surface area (Å²) in [6, 6.07) is 21.3. The van der Waals surface area contributed by atoms with E-state index in [2.05, 4.69) is 15.5 Å². The van der Waals surface area contributed by atoms with Crippen molar-refractivity contribution in [1.82, 2.24) is 10.2 Å². The number of carbonyl (C=O) groups is 1. The standard InChI is InChI=1S/C23H19N3O5/c1-28-19-13-10-16(14-20(19)29-2)22-25-26-23(31-22)24-21(27)15-8-11-18(12-9-15)30-17-6-4-3-5-7-17/h3-14H,1-2H3,(H,24,26,27). The number of carbonyl (C=O) groups excluding carboxylic acids is 1. The maximum atomic E-state index is 12.5. The number of nitrogens with zero attached hydrogens (tertiary/aromatic N) is 2. The van der Waals surface area contributed by atoms with E-state index in [9.17, 15) is 4.79 Å². The van der Waals surface area contributed by atoms with Crippen molar-refractivity contribution >= 4 is 11.9 Å². The summed E-state index contributed by atoms with van der Waals surface area (Å²) in [5.74, 6) is 2.31. The molecule has 0 saturated heterocycles. The lowest BCUT2D eigenvalue weighted by Crippen LogP contribution is -2.11. The second-order valence-electron chi connectivity index (χ2n) is 6.38. The Morgan fingerprint density at radius 3 is 2.26 bits per heavy atom. The van der Waals surface area contributed by atoms with Crippen molar-refractivity contribution in [1.29, 1.82) is 0 Å². The molecule has 0 aliphatic rings. The van der Waals surface area contributed by atoms with E-state index in [0.717, 1.165) is 0 Å². The van der Waals surface area contributed by atoms with E-state index in [-0.39, 0.29) is 17.8 Å². The largest absolute Gasteiger partial charge is 0.493 e. The number of para-hydroxylation sites is 1. The number of methoxy groups -OCH3 is 2. The molecule has 0 bridgehead atoms. The van der Waals surface area contributed by atoms with Crippen LogP contribution >= 0.6 is 0 Å². The first kappa shape index (κ1) is 20.0. The summed E-state index contributed by atoms with van der Waals surface area (Å²) in [6.07, 6.45) is 0. The molecule has 0 spiro atoms. The third kappa shape index (κ3) is 4.64. The fraction of sp³-hybridized carbons (Fsp3) is 0.0870. The summed E-state index contributed by atoms with van der Waals surface area (Å²) in [6.45, 7) is 0. The van der Waals surface area contributed by atoms with E-state index in [4.69, 9.17) is 18.6 Å². The van der Waals surface area contributed by atoms with Crippen LogP contribution in [0.2, 0.25) is 0 Å². The number of aromatic nitrogens is 2. The molecule has 0 aliphatic carbocycles. The Morgan fingerprint density at radius 2 is 1.55 bits per heavy atom. The van der Waals surface area contributed by atoms with Crippen molar-refractivity contribution in [3.05, 3.63) is 78.4 Å². The van der Waals surface area contributed by atoms with Gasteiger partial charge >= 0.3 is 6.01 Å². The number of rotatable bonds is 7. The van der Waals surface area contributed by atoms with Crippen molar-refractivity contribution in [3.63, 3.8) is 0 Å². The zero-order chi connectivity index (χ0) is 21.6. The first-order valence-electron chi connectivity index (χ1n) is 9.36. The van der Waals surface area contributed by atoms with Crippen LogP contribution in [0.25, 0.3) is 11.5 Å². The molecule has 4 aromatic rings. The minimum atomic E-state index is -0.381. The maximum Gasteiger partial charge on any atom is 0.322 e. The highest BCUT2D eigenvalue weighted by Crippen LogP contribution is 2.32. The van der Waals surface area contributed by atoms with E-state index < -0.39 is 0 Å². The molecule has 0 saturated carbocycles. The fourth-order valence-corrected chi connectivity index (χ4v) is 2.83. The molecule has 31 heavy (non-hydrogen) atoms. The van der Waals surface area contributed by atoms with Crippen molar-refractivity contribution in [2.45, 2.75) is 0 Å². The van der Waals surface area contributed by atoms with Crippen LogP contribution in [0.1, 0.15) is 10.4 Å². The van der Waals surface area contributed by atoms with E-state index in [1.54, 1.807) is 49.6 Å². The molecule has 156 valence electrons. The number of hydrogen-bond donors (Lipinski definition) is 1. The van der Waals surface area contributed by atoms with Crippen LogP contribution in [0.4, 0.5) is 6.01 Å². The number of amides is 1. The molecular formula is C23H19N3O5. The van der Waals surface area contributed by atoms with Gasteiger partial charge in [-0.15, -0.1) is 5.10 Å². The molecule has 4 rings (SSSR count). The SMILES string of the molecule is COc1ccc(-c2nnc(NC(=O)c3ccc(Oc4ccccc4)cc3)o2)cc1OC. The molecule has 1 amide bonds. The van der Waals surface area contributed by atoms with Crippen LogP contribution in [0, 0.1) is 0 Å². The molecule has 0 atom stereocenters. The van der Waals surface area contributed by atoms with Gasteiger partial charge in [0.25, 0.3) is 5.91 Å². The van der Waals surface area contributed by atoms with E-state index in [1.807, 2.05) is 30.3 Å². The highest BCUT2D eigenvalue weighted by atomic mass is 16.5. The predicted molar refractivity (Wildman–Crippen MR) is 114 cm³/mol. The van der Waals surface area contributed by atoms with E-state index >= 15 is 0 Å². The second kappa shape index (κ2) is 9.00. The van der Waals surface area contributed by atoms with Crippen molar-refractivity contribution in [2.24, 2.45) is 0 Å². The van der Waals surface area contributed by atoms with Crippen LogP contribution in [0.5, 0.6) is 23.0 Å². The zero-order valence-electron chi connectivity index (χ0n) is 16.9. The minimum Gasteiger partial charge on any atom is -0.493 e. The Labute approximate surface area is 178 Å². The van der Waals surface area contributed by atoms with Gasteiger partial charge in [-0.1, -0.05) is 23.3 Å².